The Hall–Kier alpha value is -11.0. The molecule has 0 spiro atoms. The number of hydrogen-bond donors (Lipinski definition) is 13. The SMILES string of the molecule is C.C.CC(=O)Nc1ccc(Cc2ccc(NC(=O)Oc3ccccc3)cc2)cc1.CCN.CO.COC(=O)Nc1ccc(Cc2ccc(NC(C)=O)cc2)cc1.O=C(NCCO)Nc1ccc(Cc2ccc(NC(=O)NCCO)cc2)cc1.O=O.Oc1ccccc1. The van der Waals surface area contributed by atoms with Crippen LogP contribution in [0, 0.1) is 9.93 Å². The molecule has 0 bridgehead atoms. The number of aliphatic hydroxyl groups excluding tert-OH is 3. The third kappa shape index (κ3) is 36.4. The van der Waals surface area contributed by atoms with E-state index in [-0.39, 0.29) is 65.0 Å². The second kappa shape index (κ2) is 49.0. The zero-order valence-electron chi connectivity index (χ0n) is 50.7. The van der Waals surface area contributed by atoms with E-state index in [0.29, 0.717) is 40.7 Å². The molecule has 0 unspecified atom stereocenters. The van der Waals surface area contributed by atoms with Crippen molar-refractivity contribution in [2.45, 2.75) is 54.9 Å². The summed E-state index contributed by atoms with van der Waals surface area (Å²) in [6.45, 7) is 5.83. The predicted octanol–water partition coefficient (Wildman–Crippen LogP) is 12.1. The lowest BCUT2D eigenvalue weighted by atomic mass is 10.0. The molecule has 0 aliphatic rings. The monoisotopic (exact) mass is 1270 g/mol. The topological polar surface area (TPSA) is 358 Å². The maximum atomic E-state index is 11.9. The fraction of sp³-hybridized carbons (Fsp3) is 0.217. The van der Waals surface area contributed by atoms with Crippen molar-refractivity contribution < 1.29 is 58.7 Å². The fourth-order valence-electron chi connectivity index (χ4n) is 7.37. The molecule has 0 heterocycles. The Morgan fingerprint density at radius 2 is 0.652 bits per heavy atom. The minimum Gasteiger partial charge on any atom is -0.508 e. The maximum Gasteiger partial charge on any atom is 0.417 e. The standard InChI is InChI=1S/C22H20N2O3.C19H24N4O4.C17H18N2O3.C6H6O.C2H7N.CH4O.2CH4.O2/c1-16(25)23-19-11-7-17(8-12-19)15-18-9-13-20(14-10-18)24-22(26)27-21-5-3-2-4-6-21;24-11-9-20-18(26)22-16-5-1-14(2-6-16)13-15-3-7-17(8-4-15)23-19(27)21-10-12-25;1-12(20)18-15-7-3-13(4-8-15)11-14-5-9-16(10-6-14)19-17(21)22-2;7-6-4-2-1-3-5-6;1-2-3;1-2;;;1-2/h2-14H,15H2,1H3,(H,23,25)(H,24,26);1-8,24-25H,9-13H2,(H2,20,22,26)(H2,21,23,27);3-10H,11H2,1-2H3,(H,18,20)(H,19,21);1-5,7H;2-3H2,1H3;2H,1H3;2*1H4;. The van der Waals surface area contributed by atoms with Crippen LogP contribution in [-0.4, -0.2) is 104 Å². The van der Waals surface area contributed by atoms with Crippen LogP contribution in [0.25, 0.3) is 0 Å². The second-order valence-corrected chi connectivity index (χ2v) is 18.5. The van der Waals surface area contributed by atoms with E-state index in [1.807, 2.05) is 165 Å². The third-order valence-electron chi connectivity index (χ3n) is 11.3. The molecule has 8 rings (SSSR count). The molecule has 0 atom stereocenters. The van der Waals surface area contributed by atoms with Crippen molar-refractivity contribution in [2.24, 2.45) is 5.73 Å². The average Bonchev–Trinajstić information content (AvgIpc) is 1.83. The number of urea groups is 2. The summed E-state index contributed by atoms with van der Waals surface area (Å²) >= 11 is 0. The number of aromatic hydroxyl groups is 1. The number of nitrogens with two attached hydrogens (primary N) is 1. The largest absolute Gasteiger partial charge is 0.508 e. The van der Waals surface area contributed by atoms with Crippen molar-refractivity contribution in [1.82, 2.24) is 10.6 Å². The van der Waals surface area contributed by atoms with E-state index in [4.69, 9.17) is 40.8 Å². The number of phenols is 1. The number of para-hydroxylation sites is 2. The Kier molecular flexibility index (Phi) is 43.1. The van der Waals surface area contributed by atoms with Gasteiger partial charge < -0.3 is 67.5 Å². The van der Waals surface area contributed by atoms with Gasteiger partial charge in [0.2, 0.25) is 11.8 Å². The van der Waals surface area contributed by atoms with Gasteiger partial charge in [-0.05, 0) is 156 Å². The van der Waals surface area contributed by atoms with Crippen molar-refractivity contribution in [1.29, 1.82) is 0 Å². The van der Waals surface area contributed by atoms with Crippen LogP contribution in [-0.2, 0) is 33.6 Å². The van der Waals surface area contributed by atoms with Gasteiger partial charge in [0.25, 0.3) is 0 Å². The van der Waals surface area contributed by atoms with Gasteiger partial charge in [0.15, 0.2) is 0 Å². The van der Waals surface area contributed by atoms with E-state index < -0.39 is 12.2 Å². The van der Waals surface area contributed by atoms with E-state index in [1.54, 1.807) is 48.5 Å². The number of hydrogen-bond acceptors (Lipinski definition) is 15. The summed E-state index contributed by atoms with van der Waals surface area (Å²) in [6, 6.07) is 62.5. The van der Waals surface area contributed by atoms with Gasteiger partial charge in [-0.15, -0.1) is 0 Å². The number of phenolic OH excluding ortho intramolecular Hbond substituents is 1. The maximum absolute atomic E-state index is 11.9. The van der Waals surface area contributed by atoms with Gasteiger partial charge in [0, 0.05) is 78.1 Å². The van der Waals surface area contributed by atoms with Crippen molar-refractivity contribution in [2.75, 3.05) is 79.0 Å². The Labute approximate surface area is 538 Å². The molecule has 23 heteroatoms. The molecule has 492 valence electrons. The smallest absolute Gasteiger partial charge is 0.417 e. The highest BCUT2D eigenvalue weighted by Crippen LogP contribution is 2.20. The molecule has 8 amide bonds. The zero-order chi connectivity index (χ0) is 66.3. The van der Waals surface area contributed by atoms with Crippen molar-refractivity contribution in [3.63, 3.8) is 0 Å². The first-order chi connectivity index (χ1) is 43.6. The summed E-state index contributed by atoms with van der Waals surface area (Å²) in [4.78, 5) is 82.1. The predicted molar refractivity (Wildman–Crippen MR) is 367 cm³/mol. The Morgan fingerprint density at radius 1 is 0.402 bits per heavy atom. The van der Waals surface area contributed by atoms with E-state index in [2.05, 4.69) is 47.3 Å². The molecule has 92 heavy (non-hydrogen) atoms. The molecule has 0 saturated heterocycles. The van der Waals surface area contributed by atoms with Crippen LogP contribution in [0.1, 0.15) is 69.0 Å². The number of benzene rings is 8. The zero-order valence-corrected chi connectivity index (χ0v) is 50.7. The molecule has 0 aliphatic heterocycles. The second-order valence-electron chi connectivity index (χ2n) is 18.5. The van der Waals surface area contributed by atoms with Crippen LogP contribution in [0.2, 0.25) is 0 Å². The highest BCUT2D eigenvalue weighted by atomic mass is 16.7. The molecule has 14 N–H and O–H groups in total. The van der Waals surface area contributed by atoms with E-state index >= 15 is 0 Å². The molecule has 8 aromatic carbocycles. The van der Waals surface area contributed by atoms with Crippen molar-refractivity contribution >= 4 is 70.2 Å². The minimum atomic E-state index is -0.525. The lowest BCUT2D eigenvalue weighted by Gasteiger charge is -2.09. The number of aliphatic hydroxyl groups is 3. The number of carbonyl (C=O) groups is 6. The van der Waals surface area contributed by atoms with E-state index in [0.717, 1.165) is 71.3 Å². The van der Waals surface area contributed by atoms with Gasteiger partial charge in [-0.3, -0.25) is 20.2 Å². The summed E-state index contributed by atoms with van der Waals surface area (Å²) < 4.78 is 9.74. The number of amides is 8. The fourth-order valence-corrected chi connectivity index (χ4v) is 7.37. The number of carbonyl (C=O) groups excluding carboxylic acids is 6. The van der Waals surface area contributed by atoms with Crippen LogP contribution >= 0.6 is 0 Å². The van der Waals surface area contributed by atoms with Gasteiger partial charge in [-0.1, -0.05) is 131 Å². The Morgan fingerprint density at radius 3 is 0.891 bits per heavy atom. The highest BCUT2D eigenvalue weighted by molar-refractivity contribution is 5.91. The summed E-state index contributed by atoms with van der Waals surface area (Å²) in [7, 11) is 2.33. The van der Waals surface area contributed by atoms with Gasteiger partial charge >= 0.3 is 24.2 Å². The summed E-state index contributed by atoms with van der Waals surface area (Å²) in [5.41, 5.74) is 15.8. The molecule has 0 aliphatic carbocycles. The third-order valence-corrected chi connectivity index (χ3v) is 11.3. The van der Waals surface area contributed by atoms with Crippen molar-refractivity contribution in [3.8, 4) is 11.5 Å². The van der Waals surface area contributed by atoms with Crippen LogP contribution in [0.5, 0.6) is 11.5 Å². The van der Waals surface area contributed by atoms with Gasteiger partial charge in [-0.2, -0.15) is 0 Å². The number of methoxy groups -OCH3 is 1. The molecule has 0 radical (unpaired) electrons. The number of anilines is 6. The van der Waals surface area contributed by atoms with Gasteiger partial charge in [0.1, 0.15) is 11.5 Å². The Bertz CT molecular complexity index is 3230. The van der Waals surface area contributed by atoms with Crippen LogP contribution < -0.4 is 53.0 Å². The number of nitrogens with one attached hydrogen (secondary N) is 8. The number of rotatable bonds is 17. The van der Waals surface area contributed by atoms with E-state index in [9.17, 15) is 28.8 Å². The lowest BCUT2D eigenvalue weighted by molar-refractivity contribution is -0.115. The minimum absolute atomic E-state index is 0. The first-order valence-electron chi connectivity index (χ1n) is 27.9. The van der Waals surface area contributed by atoms with Crippen molar-refractivity contribution in [3.05, 3.63) is 250 Å². The Balaban J connectivity index is 0.00000121. The molecule has 0 fully saturated rings. The molecule has 8 aromatic rings. The molecule has 23 nitrogen and oxygen atoms in total. The first kappa shape index (κ1) is 81.0. The summed E-state index contributed by atoms with van der Waals surface area (Å²) in [6.07, 6.45) is 1.24. The highest BCUT2D eigenvalue weighted by Gasteiger charge is 2.08. The van der Waals surface area contributed by atoms with Gasteiger partial charge in [0.05, 0.1) is 20.3 Å². The molecular formula is C69H87N9O14. The molecule has 0 aromatic heterocycles. The normalized spacial score (nSPS) is 9.27. The lowest BCUT2D eigenvalue weighted by Crippen LogP contribution is -2.30. The summed E-state index contributed by atoms with van der Waals surface area (Å²) in [5, 5.41) is 54.2. The first-order valence-corrected chi connectivity index (χ1v) is 27.9. The summed E-state index contributed by atoms with van der Waals surface area (Å²) in [5.74, 6) is 0.648. The van der Waals surface area contributed by atoms with Crippen LogP contribution in [0.15, 0.2) is 206 Å². The molecular weight excluding hydrogens is 1180 g/mol. The van der Waals surface area contributed by atoms with Gasteiger partial charge in [-0.25, -0.2) is 19.2 Å². The quantitative estimate of drug-likeness (QED) is 0.0403. The molecule has 0 saturated carbocycles. The van der Waals surface area contributed by atoms with Crippen LogP contribution in [0.3, 0.4) is 0 Å². The average molecular weight is 1270 g/mol. The van der Waals surface area contributed by atoms with Crippen LogP contribution in [0.4, 0.5) is 53.3 Å². The van der Waals surface area contributed by atoms with E-state index in [1.165, 1.54) is 21.0 Å². The number of ether oxygens (including phenoxy) is 2.